The fraction of sp³-hybridized carbons (Fsp3) is 0.300. The number of ether oxygens (including phenoxy) is 2. The van der Waals surface area contributed by atoms with E-state index < -0.39 is 5.97 Å². The van der Waals surface area contributed by atoms with E-state index in [0.29, 0.717) is 22.8 Å². The highest BCUT2D eigenvalue weighted by Gasteiger charge is 2.17. The van der Waals surface area contributed by atoms with Gasteiger partial charge in [0.15, 0.2) is 0 Å². The first kappa shape index (κ1) is 18.5. The minimum Gasteiger partial charge on any atom is -0.494 e. The van der Waals surface area contributed by atoms with Gasteiger partial charge in [-0.05, 0) is 30.2 Å². The van der Waals surface area contributed by atoms with Gasteiger partial charge in [0.1, 0.15) is 17.3 Å². The van der Waals surface area contributed by atoms with E-state index in [1.807, 2.05) is 30.3 Å². The van der Waals surface area contributed by atoms with Crippen molar-refractivity contribution in [2.45, 2.75) is 25.7 Å². The van der Waals surface area contributed by atoms with E-state index in [2.05, 4.69) is 11.9 Å². The maximum Gasteiger partial charge on any atom is 0.337 e. The molecule has 25 heavy (non-hydrogen) atoms. The molecule has 2 rings (SSSR count). The fourth-order valence-electron chi connectivity index (χ4n) is 2.70. The van der Waals surface area contributed by atoms with Crippen molar-refractivity contribution in [3.63, 3.8) is 0 Å². The second-order valence-electron chi connectivity index (χ2n) is 5.67. The average molecular weight is 340 g/mol. The SMILES string of the molecule is CCCC(C(N)=Nc1cc(C(=O)OC)ccc1OC)c1ccccc1. The number of hydrogen-bond donors (Lipinski definition) is 1. The number of esters is 1. The van der Waals surface area contributed by atoms with Gasteiger partial charge in [-0.15, -0.1) is 0 Å². The summed E-state index contributed by atoms with van der Waals surface area (Å²) in [7, 11) is 2.90. The molecule has 1 atom stereocenters. The van der Waals surface area contributed by atoms with Gasteiger partial charge in [0, 0.05) is 5.92 Å². The van der Waals surface area contributed by atoms with E-state index in [1.165, 1.54) is 7.11 Å². The van der Waals surface area contributed by atoms with Crippen LogP contribution in [0.25, 0.3) is 0 Å². The van der Waals surface area contributed by atoms with Crippen molar-refractivity contribution in [2.24, 2.45) is 10.7 Å². The molecule has 0 saturated carbocycles. The first-order valence-corrected chi connectivity index (χ1v) is 8.26. The summed E-state index contributed by atoms with van der Waals surface area (Å²) < 4.78 is 10.1. The summed E-state index contributed by atoms with van der Waals surface area (Å²) in [6, 6.07) is 15.0. The Morgan fingerprint density at radius 1 is 1.16 bits per heavy atom. The molecule has 2 aromatic rings. The van der Waals surface area contributed by atoms with Crippen LogP contribution in [-0.2, 0) is 4.74 Å². The van der Waals surface area contributed by atoms with Crippen LogP contribution in [-0.4, -0.2) is 26.0 Å². The smallest absolute Gasteiger partial charge is 0.337 e. The molecule has 0 radical (unpaired) electrons. The van der Waals surface area contributed by atoms with E-state index in [1.54, 1.807) is 25.3 Å². The largest absolute Gasteiger partial charge is 0.494 e. The van der Waals surface area contributed by atoms with E-state index in [0.717, 1.165) is 18.4 Å². The van der Waals surface area contributed by atoms with Gasteiger partial charge in [0.05, 0.1) is 19.8 Å². The highest BCUT2D eigenvalue weighted by atomic mass is 16.5. The van der Waals surface area contributed by atoms with Crippen molar-refractivity contribution in [3.05, 3.63) is 59.7 Å². The highest BCUT2D eigenvalue weighted by Crippen LogP contribution is 2.31. The molecule has 0 aliphatic heterocycles. The lowest BCUT2D eigenvalue weighted by Crippen LogP contribution is -2.21. The lowest BCUT2D eigenvalue weighted by atomic mass is 9.93. The summed E-state index contributed by atoms with van der Waals surface area (Å²) in [5.41, 5.74) is 8.37. The van der Waals surface area contributed by atoms with Gasteiger partial charge in [-0.2, -0.15) is 0 Å². The number of amidine groups is 1. The molecule has 0 bridgehead atoms. The van der Waals surface area contributed by atoms with Crippen molar-refractivity contribution >= 4 is 17.5 Å². The van der Waals surface area contributed by atoms with E-state index >= 15 is 0 Å². The monoisotopic (exact) mass is 340 g/mol. The number of carbonyl (C=O) groups is 1. The quantitative estimate of drug-likeness (QED) is 0.469. The zero-order valence-electron chi connectivity index (χ0n) is 14.9. The first-order chi connectivity index (χ1) is 12.1. The van der Waals surface area contributed by atoms with E-state index in [4.69, 9.17) is 15.2 Å². The molecule has 0 amide bonds. The normalized spacial score (nSPS) is 12.5. The minimum absolute atomic E-state index is 0.0117. The molecule has 0 spiro atoms. The Bertz CT molecular complexity index is 742. The van der Waals surface area contributed by atoms with Gasteiger partial charge in [0.25, 0.3) is 0 Å². The maximum atomic E-state index is 11.8. The molecular formula is C20H24N2O3. The van der Waals surface area contributed by atoms with Crippen LogP contribution in [0.4, 0.5) is 5.69 Å². The molecule has 0 fully saturated rings. The molecule has 2 aromatic carbocycles. The van der Waals surface area contributed by atoms with Crippen LogP contribution in [0, 0.1) is 0 Å². The number of nitrogens with zero attached hydrogens (tertiary/aromatic N) is 1. The number of methoxy groups -OCH3 is 2. The van der Waals surface area contributed by atoms with Crippen LogP contribution >= 0.6 is 0 Å². The fourth-order valence-corrected chi connectivity index (χ4v) is 2.70. The predicted octanol–water partition coefficient (Wildman–Crippen LogP) is 4.05. The van der Waals surface area contributed by atoms with Crippen LogP contribution in [0.1, 0.15) is 41.6 Å². The second-order valence-corrected chi connectivity index (χ2v) is 5.67. The second kappa shape index (κ2) is 8.87. The Morgan fingerprint density at radius 2 is 1.88 bits per heavy atom. The molecule has 0 aliphatic carbocycles. The lowest BCUT2D eigenvalue weighted by Gasteiger charge is -2.17. The molecule has 0 aromatic heterocycles. The van der Waals surface area contributed by atoms with Crippen LogP contribution in [0.15, 0.2) is 53.5 Å². The van der Waals surface area contributed by atoms with Gasteiger partial charge in [-0.25, -0.2) is 9.79 Å². The zero-order valence-corrected chi connectivity index (χ0v) is 14.9. The highest BCUT2D eigenvalue weighted by molar-refractivity contribution is 5.93. The van der Waals surface area contributed by atoms with Gasteiger partial charge in [-0.3, -0.25) is 0 Å². The van der Waals surface area contributed by atoms with Crippen molar-refractivity contribution in [2.75, 3.05) is 14.2 Å². The minimum atomic E-state index is -0.425. The van der Waals surface area contributed by atoms with Gasteiger partial charge in [0.2, 0.25) is 0 Å². The zero-order chi connectivity index (χ0) is 18.2. The molecule has 132 valence electrons. The summed E-state index contributed by atoms with van der Waals surface area (Å²) in [6.07, 6.45) is 1.87. The summed E-state index contributed by atoms with van der Waals surface area (Å²) in [5, 5.41) is 0. The summed E-state index contributed by atoms with van der Waals surface area (Å²) >= 11 is 0. The standard InChI is InChI=1S/C20H24N2O3/c1-4-8-16(14-9-6-5-7-10-14)19(21)22-17-13-15(20(23)25-3)11-12-18(17)24-2/h5-7,9-13,16H,4,8H2,1-3H3,(H2,21,22). The molecule has 0 heterocycles. The maximum absolute atomic E-state index is 11.8. The number of rotatable bonds is 7. The Hall–Kier alpha value is -2.82. The van der Waals surface area contributed by atoms with E-state index in [9.17, 15) is 4.79 Å². The number of benzene rings is 2. The first-order valence-electron chi connectivity index (χ1n) is 8.26. The summed E-state index contributed by atoms with van der Waals surface area (Å²) in [4.78, 5) is 16.3. The molecule has 2 N–H and O–H groups in total. The third-order valence-electron chi connectivity index (χ3n) is 3.99. The number of aliphatic imine (C=N–C) groups is 1. The number of hydrogen-bond acceptors (Lipinski definition) is 4. The van der Waals surface area contributed by atoms with Gasteiger partial charge >= 0.3 is 5.97 Å². The Kier molecular flexibility index (Phi) is 6.57. The molecular weight excluding hydrogens is 316 g/mol. The summed E-state index contributed by atoms with van der Waals surface area (Å²) in [5.74, 6) is 0.635. The van der Waals surface area contributed by atoms with E-state index in [-0.39, 0.29) is 5.92 Å². The number of nitrogens with two attached hydrogens (primary N) is 1. The molecule has 5 nitrogen and oxygen atoms in total. The van der Waals surface area contributed by atoms with Crippen molar-refractivity contribution in [3.8, 4) is 5.75 Å². The predicted molar refractivity (Wildman–Crippen MR) is 99.7 cm³/mol. The topological polar surface area (TPSA) is 73.9 Å². The van der Waals surface area contributed by atoms with Gasteiger partial charge in [-0.1, -0.05) is 43.7 Å². The Balaban J connectivity index is 2.43. The Morgan fingerprint density at radius 3 is 2.48 bits per heavy atom. The van der Waals surface area contributed by atoms with Crippen LogP contribution in [0.5, 0.6) is 5.75 Å². The Labute approximate surface area is 148 Å². The molecule has 0 aliphatic rings. The third kappa shape index (κ3) is 4.59. The van der Waals surface area contributed by atoms with Crippen LogP contribution in [0.2, 0.25) is 0 Å². The molecule has 5 heteroatoms. The summed E-state index contributed by atoms with van der Waals surface area (Å²) in [6.45, 7) is 2.11. The third-order valence-corrected chi connectivity index (χ3v) is 3.99. The molecule has 0 saturated heterocycles. The van der Waals surface area contributed by atoms with Crippen molar-refractivity contribution in [1.82, 2.24) is 0 Å². The van der Waals surface area contributed by atoms with Crippen molar-refractivity contribution in [1.29, 1.82) is 0 Å². The van der Waals surface area contributed by atoms with Gasteiger partial charge < -0.3 is 15.2 Å². The molecule has 1 unspecified atom stereocenters. The number of carbonyl (C=O) groups excluding carboxylic acids is 1. The average Bonchev–Trinajstić information content (AvgIpc) is 2.65. The van der Waals surface area contributed by atoms with Crippen LogP contribution in [0.3, 0.4) is 0 Å². The van der Waals surface area contributed by atoms with Crippen molar-refractivity contribution < 1.29 is 14.3 Å². The lowest BCUT2D eigenvalue weighted by molar-refractivity contribution is 0.0600. The van der Waals surface area contributed by atoms with Crippen LogP contribution < -0.4 is 10.5 Å².